The molecule has 522 valence electrons. The minimum Gasteiger partial charge on any atom is -0.309 e. The summed E-state index contributed by atoms with van der Waals surface area (Å²) in [6.45, 7) is 0. The molecule has 0 spiro atoms. The summed E-state index contributed by atoms with van der Waals surface area (Å²) in [7, 11) is 0. The topological polar surface area (TPSA) is 149 Å². The van der Waals surface area contributed by atoms with Gasteiger partial charge in [0.05, 0.1) is 66.9 Å². The largest absolute Gasteiger partial charge is 0.309 e. The van der Waals surface area contributed by atoms with E-state index in [0.717, 1.165) is 172 Å². The maximum Gasteiger partial charge on any atom is 0.182 e. The van der Waals surface area contributed by atoms with Crippen molar-refractivity contribution in [2.24, 2.45) is 0 Å². The molecule has 14 heteroatoms. The third-order valence-corrected chi connectivity index (χ3v) is 21.5. The molecular formula is C98H60N14. The van der Waals surface area contributed by atoms with E-state index in [1.54, 1.807) is 12.5 Å². The van der Waals surface area contributed by atoms with Crippen LogP contribution in [0.2, 0.25) is 0 Å². The summed E-state index contributed by atoms with van der Waals surface area (Å²) in [6.07, 6.45) is 9.01. The Hall–Kier alpha value is -15.5. The molecule has 14 nitrogen and oxygen atoms in total. The average Bonchev–Trinajstić information content (AvgIpc) is 1.58. The van der Waals surface area contributed by atoms with Crippen molar-refractivity contribution in [3.63, 3.8) is 0 Å². The molecule has 0 saturated carbocycles. The van der Waals surface area contributed by atoms with Crippen molar-refractivity contribution < 1.29 is 0 Å². The SMILES string of the molecule is c1ccc(-c2ccc(-c3nc(-c4cc(-n5c6ccccc6c6ccccc65)cc(-n5c6ccccc6c6ccc(-c7cc(-c8cc(-c9cc(-n%10c%11ccccc%11c%11ccccc%11%10)nc(-n%10c%11ccccc%11c%11ccccc%11%10)c9)nc(-c9ccncn9)c8)ccn7)cc65)c4)nc(-c4ccc(-c5ccccc5)cn4)n3)nc2)cc1. The van der Waals surface area contributed by atoms with E-state index in [4.69, 9.17) is 44.9 Å². The van der Waals surface area contributed by atoms with Crippen molar-refractivity contribution in [2.45, 2.75) is 0 Å². The smallest absolute Gasteiger partial charge is 0.182 e. The Labute approximate surface area is 640 Å². The van der Waals surface area contributed by atoms with Crippen molar-refractivity contribution in [3.05, 3.63) is 365 Å². The van der Waals surface area contributed by atoms with Crippen LogP contribution in [-0.4, -0.2) is 68.1 Å². The van der Waals surface area contributed by atoms with Crippen LogP contribution in [0, 0.1) is 0 Å². The second-order valence-corrected chi connectivity index (χ2v) is 28.1. The molecule has 22 rings (SSSR count). The van der Waals surface area contributed by atoms with Crippen molar-refractivity contribution in [3.8, 4) is 125 Å². The Balaban J connectivity index is 0.723. The fourth-order valence-electron chi connectivity index (χ4n) is 16.4. The zero-order valence-electron chi connectivity index (χ0n) is 59.9. The molecule has 0 N–H and O–H groups in total. The highest BCUT2D eigenvalue weighted by Gasteiger charge is 2.25. The number of para-hydroxylation sites is 7. The minimum absolute atomic E-state index is 0.411. The first kappa shape index (κ1) is 63.7. The molecule has 22 aromatic rings. The molecule has 11 aromatic carbocycles. The first-order valence-corrected chi connectivity index (χ1v) is 37.2. The number of benzene rings is 11. The van der Waals surface area contributed by atoms with Crippen LogP contribution in [0.5, 0.6) is 0 Å². The van der Waals surface area contributed by atoms with Gasteiger partial charge in [-0.3, -0.25) is 24.1 Å². The number of fused-ring (bicyclic) bond motifs is 12. The zero-order chi connectivity index (χ0) is 73.7. The molecule has 11 aromatic heterocycles. The average molecular weight is 1430 g/mol. The van der Waals surface area contributed by atoms with Crippen LogP contribution in [0.1, 0.15) is 0 Å². The van der Waals surface area contributed by atoms with E-state index in [1.807, 2.05) is 73.2 Å². The quantitative estimate of drug-likeness (QED) is 0.109. The fourth-order valence-corrected chi connectivity index (χ4v) is 16.4. The maximum atomic E-state index is 5.67. The lowest BCUT2D eigenvalue weighted by molar-refractivity contribution is 1.01. The summed E-state index contributed by atoms with van der Waals surface area (Å²) in [4.78, 5) is 51.7. The molecule has 0 unspecified atom stereocenters. The summed E-state index contributed by atoms with van der Waals surface area (Å²) >= 11 is 0. The van der Waals surface area contributed by atoms with Gasteiger partial charge < -0.3 is 9.13 Å². The predicted molar refractivity (Wildman–Crippen MR) is 451 cm³/mol. The van der Waals surface area contributed by atoms with E-state index in [1.165, 1.54) is 0 Å². The predicted octanol–water partition coefficient (Wildman–Crippen LogP) is 23.0. The molecular weight excluding hydrogens is 1370 g/mol. The number of pyridine rings is 5. The fraction of sp³-hybridized carbons (Fsp3) is 0. The molecule has 0 fully saturated rings. The highest BCUT2D eigenvalue weighted by atomic mass is 15.1. The van der Waals surface area contributed by atoms with Crippen LogP contribution in [-0.2, 0) is 0 Å². The molecule has 11 heterocycles. The van der Waals surface area contributed by atoms with Crippen molar-refractivity contribution >= 4 is 87.2 Å². The van der Waals surface area contributed by atoms with Gasteiger partial charge >= 0.3 is 0 Å². The van der Waals surface area contributed by atoms with Gasteiger partial charge in [-0.2, -0.15) is 0 Å². The van der Waals surface area contributed by atoms with Crippen LogP contribution in [0.4, 0.5) is 0 Å². The first-order valence-electron chi connectivity index (χ1n) is 37.2. The molecule has 112 heavy (non-hydrogen) atoms. The van der Waals surface area contributed by atoms with Crippen LogP contribution in [0.3, 0.4) is 0 Å². The monoisotopic (exact) mass is 1430 g/mol. The standard InChI is InChI=1S/C98H60N14/c1-3-21-61(22-4-1)65-40-43-81(101-58-65)97-106-96(107-98(108-97)82-44-41-66(59-102-82)62-23-5-2-6-24-62)69-49-70(109-86-32-14-7-25-72(86)73-26-8-15-33-87(73)109)57-71(50-69)110-88-34-16-9-31-78(88)79-42-39-64(54-93(79)110)83-51-63(45-48-100-83)67-52-84(104-85(53-67)80-46-47-99-60-103-80)68-55-94(111-89-35-17-10-27-74(89)75-28-11-18-36-90(75)111)105-95(56-68)112-91-37-19-12-29-76(91)77-30-13-20-38-92(77)112/h1-60H. The number of rotatable bonds is 13. The van der Waals surface area contributed by atoms with Crippen molar-refractivity contribution in [1.29, 1.82) is 0 Å². The van der Waals surface area contributed by atoms with Gasteiger partial charge in [0.2, 0.25) is 0 Å². The third kappa shape index (κ3) is 10.8. The number of hydrogen-bond donors (Lipinski definition) is 0. The maximum absolute atomic E-state index is 5.67. The van der Waals surface area contributed by atoms with Gasteiger partial charge in [-0.15, -0.1) is 0 Å². The molecule has 0 saturated heterocycles. The van der Waals surface area contributed by atoms with Crippen molar-refractivity contribution in [1.82, 2.24) is 68.1 Å². The van der Waals surface area contributed by atoms with Gasteiger partial charge in [0.25, 0.3) is 0 Å². The highest BCUT2D eigenvalue weighted by molar-refractivity contribution is 6.13. The molecule has 0 atom stereocenters. The summed E-state index contributed by atoms with van der Waals surface area (Å²) in [5.74, 6) is 2.78. The Bertz CT molecular complexity index is 7100. The van der Waals surface area contributed by atoms with Crippen LogP contribution in [0.15, 0.2) is 365 Å². The molecule has 0 radical (unpaired) electrons. The molecule has 0 amide bonds. The highest BCUT2D eigenvalue weighted by Crippen LogP contribution is 2.43. The molecule has 0 aliphatic heterocycles. The second kappa shape index (κ2) is 26.2. The van der Waals surface area contributed by atoms with E-state index in [9.17, 15) is 0 Å². The van der Waals surface area contributed by atoms with Gasteiger partial charge in [0, 0.05) is 107 Å². The van der Waals surface area contributed by atoms with E-state index in [-0.39, 0.29) is 0 Å². The normalized spacial score (nSPS) is 11.8. The van der Waals surface area contributed by atoms with Gasteiger partial charge in [-0.25, -0.2) is 34.9 Å². The summed E-state index contributed by atoms with van der Waals surface area (Å²) in [5.41, 5.74) is 22.7. The number of hydrogen-bond acceptors (Lipinski definition) is 10. The zero-order valence-corrected chi connectivity index (χ0v) is 59.9. The minimum atomic E-state index is 0.411. The van der Waals surface area contributed by atoms with E-state index in [2.05, 4.69) is 302 Å². The van der Waals surface area contributed by atoms with Gasteiger partial charge in [0.1, 0.15) is 29.4 Å². The number of nitrogens with zero attached hydrogens (tertiary/aromatic N) is 14. The summed E-state index contributed by atoms with van der Waals surface area (Å²) in [6, 6.07) is 117. The lowest BCUT2D eigenvalue weighted by Gasteiger charge is -2.16. The van der Waals surface area contributed by atoms with E-state index >= 15 is 0 Å². The van der Waals surface area contributed by atoms with Gasteiger partial charge in [-0.05, 0) is 144 Å². The summed E-state index contributed by atoms with van der Waals surface area (Å²) < 4.78 is 9.29. The number of aromatic nitrogens is 14. The third-order valence-electron chi connectivity index (χ3n) is 21.5. The van der Waals surface area contributed by atoms with E-state index in [0.29, 0.717) is 40.2 Å². The Morgan fingerprint density at radius 3 is 1.07 bits per heavy atom. The summed E-state index contributed by atoms with van der Waals surface area (Å²) in [5, 5.41) is 9.01. The Kier molecular flexibility index (Phi) is 14.9. The van der Waals surface area contributed by atoms with Crippen LogP contribution < -0.4 is 0 Å². The Morgan fingerprint density at radius 2 is 0.607 bits per heavy atom. The molecule has 0 aliphatic rings. The van der Waals surface area contributed by atoms with Crippen LogP contribution in [0.25, 0.3) is 212 Å². The second-order valence-electron chi connectivity index (χ2n) is 28.1. The van der Waals surface area contributed by atoms with Crippen molar-refractivity contribution in [2.75, 3.05) is 0 Å². The molecule has 0 aliphatic carbocycles. The lowest BCUT2D eigenvalue weighted by Crippen LogP contribution is -2.05. The Morgan fingerprint density at radius 1 is 0.188 bits per heavy atom. The molecule has 0 bridgehead atoms. The first-order chi connectivity index (χ1) is 55.5. The van der Waals surface area contributed by atoms with Gasteiger partial charge in [0.15, 0.2) is 17.5 Å². The van der Waals surface area contributed by atoms with Gasteiger partial charge in [-0.1, -0.05) is 212 Å². The lowest BCUT2D eigenvalue weighted by atomic mass is 10.00. The van der Waals surface area contributed by atoms with Crippen LogP contribution >= 0.6 is 0 Å². The van der Waals surface area contributed by atoms with E-state index < -0.39 is 0 Å².